The molecule has 4 aromatic rings. The van der Waals surface area contributed by atoms with Crippen LogP contribution in [-0.2, 0) is 4.79 Å². The SMILES string of the molecule is COc1ccc(OCC(=O)Nc2cccc(-c3ccc4ccccc4n3)c2)cc1. The van der Waals surface area contributed by atoms with Crippen LogP contribution in [0.3, 0.4) is 0 Å². The molecule has 0 aliphatic heterocycles. The van der Waals surface area contributed by atoms with Crippen LogP contribution in [0, 0.1) is 0 Å². The second-order valence-electron chi connectivity index (χ2n) is 6.48. The molecule has 1 amide bonds. The fourth-order valence-corrected chi connectivity index (χ4v) is 3.00. The van der Waals surface area contributed by atoms with Crippen molar-refractivity contribution < 1.29 is 14.3 Å². The van der Waals surface area contributed by atoms with E-state index in [0.29, 0.717) is 11.4 Å². The average molecular weight is 384 g/mol. The zero-order valence-corrected chi connectivity index (χ0v) is 16.0. The Hall–Kier alpha value is -3.86. The number of nitrogens with zero attached hydrogens (tertiary/aromatic N) is 1. The quantitative estimate of drug-likeness (QED) is 0.512. The third kappa shape index (κ3) is 4.52. The monoisotopic (exact) mass is 384 g/mol. The van der Waals surface area contributed by atoms with Crippen molar-refractivity contribution in [2.45, 2.75) is 0 Å². The van der Waals surface area contributed by atoms with Gasteiger partial charge >= 0.3 is 0 Å². The Morgan fingerprint density at radius 2 is 1.69 bits per heavy atom. The van der Waals surface area contributed by atoms with E-state index < -0.39 is 0 Å². The molecule has 3 aromatic carbocycles. The van der Waals surface area contributed by atoms with Gasteiger partial charge in [-0.05, 0) is 48.5 Å². The van der Waals surface area contributed by atoms with E-state index >= 15 is 0 Å². The number of carbonyl (C=O) groups excluding carboxylic acids is 1. The van der Waals surface area contributed by atoms with Gasteiger partial charge in [-0.15, -0.1) is 0 Å². The average Bonchev–Trinajstić information content (AvgIpc) is 2.78. The third-order valence-electron chi connectivity index (χ3n) is 4.47. The molecule has 0 bridgehead atoms. The van der Waals surface area contributed by atoms with Crippen LogP contribution >= 0.6 is 0 Å². The highest BCUT2D eigenvalue weighted by molar-refractivity contribution is 5.92. The first-order chi connectivity index (χ1) is 14.2. The molecule has 4 rings (SSSR count). The van der Waals surface area contributed by atoms with Gasteiger partial charge in [0.2, 0.25) is 0 Å². The van der Waals surface area contributed by atoms with Gasteiger partial charge in [0.15, 0.2) is 6.61 Å². The Morgan fingerprint density at radius 1 is 0.897 bits per heavy atom. The van der Waals surface area contributed by atoms with Crippen LogP contribution < -0.4 is 14.8 Å². The van der Waals surface area contributed by atoms with Gasteiger partial charge in [-0.25, -0.2) is 4.98 Å². The summed E-state index contributed by atoms with van der Waals surface area (Å²) in [5.41, 5.74) is 3.42. The number of methoxy groups -OCH3 is 1. The first kappa shape index (κ1) is 18.5. The molecule has 0 atom stereocenters. The largest absolute Gasteiger partial charge is 0.497 e. The van der Waals surface area contributed by atoms with Gasteiger partial charge in [-0.3, -0.25) is 4.79 Å². The molecule has 5 heteroatoms. The number of fused-ring (bicyclic) bond motifs is 1. The van der Waals surface area contributed by atoms with Crippen LogP contribution in [0.5, 0.6) is 11.5 Å². The minimum atomic E-state index is -0.232. The van der Waals surface area contributed by atoms with Gasteiger partial charge in [0.05, 0.1) is 18.3 Å². The minimum Gasteiger partial charge on any atom is -0.497 e. The fourth-order valence-electron chi connectivity index (χ4n) is 3.00. The number of anilines is 1. The normalized spacial score (nSPS) is 10.5. The van der Waals surface area contributed by atoms with Gasteiger partial charge in [-0.2, -0.15) is 0 Å². The summed E-state index contributed by atoms with van der Waals surface area (Å²) in [7, 11) is 1.60. The summed E-state index contributed by atoms with van der Waals surface area (Å²) in [4.78, 5) is 17.0. The topological polar surface area (TPSA) is 60.5 Å². The predicted octanol–water partition coefficient (Wildman–Crippen LogP) is 4.93. The molecule has 0 aliphatic carbocycles. The van der Waals surface area contributed by atoms with Crippen molar-refractivity contribution in [3.05, 3.63) is 84.9 Å². The van der Waals surface area contributed by atoms with E-state index in [1.807, 2.05) is 60.7 Å². The summed E-state index contributed by atoms with van der Waals surface area (Å²) in [5, 5.41) is 3.96. The number of hydrogen-bond acceptors (Lipinski definition) is 4. The molecular weight excluding hydrogens is 364 g/mol. The lowest BCUT2D eigenvalue weighted by Crippen LogP contribution is -2.20. The van der Waals surface area contributed by atoms with Gasteiger partial charge in [0.25, 0.3) is 5.91 Å². The highest BCUT2D eigenvalue weighted by Crippen LogP contribution is 2.23. The molecule has 0 radical (unpaired) electrons. The zero-order chi connectivity index (χ0) is 20.1. The van der Waals surface area contributed by atoms with Crippen LogP contribution in [0.1, 0.15) is 0 Å². The predicted molar refractivity (Wildman–Crippen MR) is 114 cm³/mol. The first-order valence-corrected chi connectivity index (χ1v) is 9.24. The van der Waals surface area contributed by atoms with Crippen molar-refractivity contribution >= 4 is 22.5 Å². The van der Waals surface area contributed by atoms with Crippen molar-refractivity contribution in [3.8, 4) is 22.8 Å². The maximum atomic E-state index is 12.3. The number of benzene rings is 3. The number of rotatable bonds is 6. The molecule has 0 spiro atoms. The van der Waals surface area contributed by atoms with E-state index in [0.717, 1.165) is 27.9 Å². The summed E-state index contributed by atoms with van der Waals surface area (Å²) in [6.07, 6.45) is 0. The minimum absolute atomic E-state index is 0.0786. The van der Waals surface area contributed by atoms with E-state index in [1.165, 1.54) is 0 Å². The van der Waals surface area contributed by atoms with Crippen LogP contribution in [0.15, 0.2) is 84.9 Å². The summed E-state index contributed by atoms with van der Waals surface area (Å²) in [5.74, 6) is 1.11. The maximum Gasteiger partial charge on any atom is 0.262 e. The number of nitrogens with one attached hydrogen (secondary N) is 1. The number of hydrogen-bond donors (Lipinski definition) is 1. The maximum absolute atomic E-state index is 12.3. The molecule has 1 heterocycles. The molecular formula is C24H20N2O3. The van der Waals surface area contributed by atoms with Crippen molar-refractivity contribution in [3.63, 3.8) is 0 Å². The van der Waals surface area contributed by atoms with Gasteiger partial charge in [-0.1, -0.05) is 36.4 Å². The Labute approximate surface area is 168 Å². The molecule has 0 aliphatic rings. The van der Waals surface area contributed by atoms with Gasteiger partial charge in [0, 0.05) is 16.6 Å². The lowest BCUT2D eigenvalue weighted by molar-refractivity contribution is -0.118. The van der Waals surface area contributed by atoms with E-state index in [1.54, 1.807) is 31.4 Å². The second kappa shape index (κ2) is 8.44. The summed E-state index contributed by atoms with van der Waals surface area (Å²) >= 11 is 0. The molecule has 5 nitrogen and oxygen atoms in total. The highest BCUT2D eigenvalue weighted by Gasteiger charge is 2.07. The van der Waals surface area contributed by atoms with E-state index in [2.05, 4.69) is 5.32 Å². The third-order valence-corrected chi connectivity index (χ3v) is 4.47. The zero-order valence-electron chi connectivity index (χ0n) is 16.0. The van der Waals surface area contributed by atoms with Gasteiger partial charge < -0.3 is 14.8 Å². The first-order valence-electron chi connectivity index (χ1n) is 9.24. The fraction of sp³-hybridized carbons (Fsp3) is 0.0833. The number of para-hydroxylation sites is 1. The van der Waals surface area contributed by atoms with Crippen LogP contribution in [-0.4, -0.2) is 24.6 Å². The van der Waals surface area contributed by atoms with Crippen molar-refractivity contribution in [1.82, 2.24) is 4.98 Å². The number of carbonyl (C=O) groups is 1. The lowest BCUT2D eigenvalue weighted by atomic mass is 10.1. The number of amides is 1. The molecule has 0 fully saturated rings. The molecule has 1 aromatic heterocycles. The molecule has 0 saturated carbocycles. The van der Waals surface area contributed by atoms with Gasteiger partial charge in [0.1, 0.15) is 11.5 Å². The molecule has 0 saturated heterocycles. The summed E-state index contributed by atoms with van der Waals surface area (Å²) in [6, 6.07) is 26.7. The van der Waals surface area contributed by atoms with E-state index in [4.69, 9.17) is 14.5 Å². The Kier molecular flexibility index (Phi) is 5.38. The second-order valence-corrected chi connectivity index (χ2v) is 6.48. The van der Waals surface area contributed by atoms with Crippen molar-refractivity contribution in [2.24, 2.45) is 0 Å². The van der Waals surface area contributed by atoms with E-state index in [9.17, 15) is 4.79 Å². The van der Waals surface area contributed by atoms with E-state index in [-0.39, 0.29) is 12.5 Å². The van der Waals surface area contributed by atoms with Crippen LogP contribution in [0.4, 0.5) is 5.69 Å². The number of pyridine rings is 1. The van der Waals surface area contributed by atoms with Crippen molar-refractivity contribution in [2.75, 3.05) is 19.0 Å². The molecule has 1 N–H and O–H groups in total. The van der Waals surface area contributed by atoms with Crippen LogP contribution in [0.25, 0.3) is 22.2 Å². The Balaban J connectivity index is 1.43. The number of aromatic nitrogens is 1. The molecule has 144 valence electrons. The lowest BCUT2D eigenvalue weighted by Gasteiger charge is -2.09. The van der Waals surface area contributed by atoms with Crippen LogP contribution in [0.2, 0.25) is 0 Å². The Morgan fingerprint density at radius 3 is 2.52 bits per heavy atom. The standard InChI is InChI=1S/C24H20N2O3/c1-28-20-10-12-21(13-11-20)29-16-24(27)25-19-7-4-6-18(15-19)23-14-9-17-5-2-3-8-22(17)26-23/h2-15H,16H2,1H3,(H,25,27). The molecule has 0 unspecified atom stereocenters. The highest BCUT2D eigenvalue weighted by atomic mass is 16.5. The summed E-state index contributed by atoms with van der Waals surface area (Å²) < 4.78 is 10.6. The summed E-state index contributed by atoms with van der Waals surface area (Å²) in [6.45, 7) is -0.0786. The smallest absolute Gasteiger partial charge is 0.262 e. The van der Waals surface area contributed by atoms with Crippen molar-refractivity contribution in [1.29, 1.82) is 0 Å². The number of ether oxygens (including phenoxy) is 2. The Bertz CT molecular complexity index is 1140. The molecule has 29 heavy (non-hydrogen) atoms.